The molecule has 2 aliphatic rings. The predicted molar refractivity (Wildman–Crippen MR) is 129 cm³/mol. The summed E-state index contributed by atoms with van der Waals surface area (Å²) in [5, 5.41) is 3.69. The molecule has 0 aliphatic carbocycles. The third-order valence-electron chi connectivity index (χ3n) is 6.09. The number of amidine groups is 1. The number of carbonyl (C=O) groups is 1. The van der Waals surface area contributed by atoms with Crippen molar-refractivity contribution in [3.63, 3.8) is 0 Å². The van der Waals surface area contributed by atoms with E-state index in [0.29, 0.717) is 5.17 Å². The average Bonchev–Trinajstić information content (AvgIpc) is 3.17. The standard InChI is InChI=1S/C23H27N3O3S2/c1-14-8-9-18(10-16(14)3)26-21-13-31(28,29)12-20(21)25-23(26)30-11-22(27)24-19-7-5-6-15(2)17(19)4/h5-10,20-21H,11-13H2,1-4H3,(H,24,27)/t20-,21-/m0/s1. The van der Waals surface area contributed by atoms with E-state index >= 15 is 0 Å². The topological polar surface area (TPSA) is 78.8 Å². The van der Waals surface area contributed by atoms with Crippen LogP contribution >= 0.6 is 11.8 Å². The van der Waals surface area contributed by atoms with E-state index in [0.717, 1.165) is 28.1 Å². The monoisotopic (exact) mass is 457 g/mol. The normalized spacial score (nSPS) is 21.7. The molecule has 1 amide bonds. The minimum absolute atomic E-state index is 0.0672. The first-order valence-corrected chi connectivity index (χ1v) is 13.1. The number of carbonyl (C=O) groups excluding carboxylic acids is 1. The van der Waals surface area contributed by atoms with Gasteiger partial charge in [0.2, 0.25) is 5.91 Å². The summed E-state index contributed by atoms with van der Waals surface area (Å²) in [4.78, 5) is 19.3. The van der Waals surface area contributed by atoms with Crippen LogP contribution in [0.25, 0.3) is 0 Å². The lowest BCUT2D eigenvalue weighted by molar-refractivity contribution is -0.113. The van der Waals surface area contributed by atoms with Crippen LogP contribution in [0.1, 0.15) is 22.3 Å². The lowest BCUT2D eigenvalue weighted by atomic mass is 10.1. The molecular weight excluding hydrogens is 430 g/mol. The van der Waals surface area contributed by atoms with Crippen molar-refractivity contribution in [2.45, 2.75) is 39.8 Å². The molecule has 1 N–H and O–H groups in total. The van der Waals surface area contributed by atoms with Crippen molar-refractivity contribution in [1.82, 2.24) is 0 Å². The minimum Gasteiger partial charge on any atom is -0.325 e. The third kappa shape index (κ3) is 4.50. The number of thioether (sulfide) groups is 1. The van der Waals surface area contributed by atoms with Crippen LogP contribution in [0.15, 0.2) is 41.4 Å². The lowest BCUT2D eigenvalue weighted by Crippen LogP contribution is -2.39. The van der Waals surface area contributed by atoms with Gasteiger partial charge in [-0.3, -0.25) is 9.79 Å². The van der Waals surface area contributed by atoms with E-state index in [1.807, 2.05) is 62.9 Å². The summed E-state index contributed by atoms with van der Waals surface area (Å²) in [6, 6.07) is 11.5. The summed E-state index contributed by atoms with van der Waals surface area (Å²) in [6.07, 6.45) is 0. The van der Waals surface area contributed by atoms with Gasteiger partial charge in [-0.2, -0.15) is 0 Å². The van der Waals surface area contributed by atoms with E-state index in [-0.39, 0.29) is 35.2 Å². The molecule has 1 saturated heterocycles. The Kier molecular flexibility index (Phi) is 5.87. The number of rotatable bonds is 4. The van der Waals surface area contributed by atoms with Gasteiger partial charge >= 0.3 is 0 Å². The highest BCUT2D eigenvalue weighted by Crippen LogP contribution is 2.35. The first-order valence-electron chi connectivity index (χ1n) is 10.3. The maximum absolute atomic E-state index is 12.6. The van der Waals surface area contributed by atoms with Crippen LogP contribution in [-0.2, 0) is 14.6 Å². The van der Waals surface area contributed by atoms with Gasteiger partial charge < -0.3 is 10.2 Å². The molecule has 1 fully saturated rings. The second kappa shape index (κ2) is 8.31. The Morgan fingerprint density at radius 2 is 1.87 bits per heavy atom. The molecule has 0 unspecified atom stereocenters. The molecule has 0 saturated carbocycles. The summed E-state index contributed by atoms with van der Waals surface area (Å²) < 4.78 is 24.4. The van der Waals surface area contributed by atoms with Crippen molar-refractivity contribution in [2.75, 3.05) is 27.5 Å². The molecule has 31 heavy (non-hydrogen) atoms. The molecule has 0 aromatic heterocycles. The first kappa shape index (κ1) is 21.9. The van der Waals surface area contributed by atoms with Crippen molar-refractivity contribution in [3.05, 3.63) is 58.7 Å². The van der Waals surface area contributed by atoms with Gasteiger partial charge in [-0.25, -0.2) is 8.42 Å². The fraction of sp³-hybridized carbons (Fsp3) is 0.391. The smallest absolute Gasteiger partial charge is 0.234 e. The van der Waals surface area contributed by atoms with Crippen LogP contribution in [0.4, 0.5) is 11.4 Å². The van der Waals surface area contributed by atoms with E-state index < -0.39 is 9.84 Å². The van der Waals surface area contributed by atoms with Gasteiger partial charge in [-0.05, 0) is 68.1 Å². The van der Waals surface area contributed by atoms with E-state index in [2.05, 4.69) is 11.4 Å². The number of aliphatic imine (C=N–C) groups is 1. The quantitative estimate of drug-likeness (QED) is 0.758. The molecule has 2 atom stereocenters. The predicted octanol–water partition coefficient (Wildman–Crippen LogP) is 3.63. The highest BCUT2D eigenvalue weighted by molar-refractivity contribution is 8.14. The third-order valence-corrected chi connectivity index (χ3v) is 8.75. The molecule has 6 nitrogen and oxygen atoms in total. The van der Waals surface area contributed by atoms with Crippen LogP contribution in [0, 0.1) is 27.7 Å². The second-order valence-corrected chi connectivity index (χ2v) is 11.4. The molecule has 0 radical (unpaired) electrons. The van der Waals surface area contributed by atoms with E-state index in [1.54, 1.807) is 0 Å². The van der Waals surface area contributed by atoms with Gasteiger partial charge in [0, 0.05) is 11.4 Å². The van der Waals surface area contributed by atoms with Gasteiger partial charge in [-0.15, -0.1) is 0 Å². The number of amides is 1. The van der Waals surface area contributed by atoms with Gasteiger partial charge in [0.25, 0.3) is 0 Å². The molecule has 2 heterocycles. The van der Waals surface area contributed by atoms with Crippen molar-refractivity contribution in [1.29, 1.82) is 0 Å². The maximum Gasteiger partial charge on any atom is 0.234 e. The zero-order valence-electron chi connectivity index (χ0n) is 18.2. The Morgan fingerprint density at radius 1 is 1.10 bits per heavy atom. The SMILES string of the molecule is Cc1ccc(N2C(SCC(=O)Nc3cccc(C)c3C)=N[C@H]3CS(=O)(=O)C[C@@H]32)cc1C. The summed E-state index contributed by atoms with van der Waals surface area (Å²) in [7, 11) is -3.11. The van der Waals surface area contributed by atoms with E-state index in [4.69, 9.17) is 4.99 Å². The molecule has 0 spiro atoms. The summed E-state index contributed by atoms with van der Waals surface area (Å²) in [5.41, 5.74) is 6.23. The Labute approximate surface area is 188 Å². The van der Waals surface area contributed by atoms with Crippen LogP contribution in [0.2, 0.25) is 0 Å². The van der Waals surface area contributed by atoms with Gasteiger partial charge in [0.05, 0.1) is 29.3 Å². The van der Waals surface area contributed by atoms with Crippen molar-refractivity contribution < 1.29 is 13.2 Å². The molecule has 2 aromatic carbocycles. The van der Waals surface area contributed by atoms with Crippen molar-refractivity contribution in [2.24, 2.45) is 4.99 Å². The van der Waals surface area contributed by atoms with Gasteiger partial charge in [0.15, 0.2) is 15.0 Å². The number of aryl methyl sites for hydroxylation is 3. The molecule has 0 bridgehead atoms. The summed E-state index contributed by atoms with van der Waals surface area (Å²) in [6.45, 7) is 8.09. The maximum atomic E-state index is 12.6. The number of nitrogens with zero attached hydrogens (tertiary/aromatic N) is 2. The summed E-state index contributed by atoms with van der Waals surface area (Å²) in [5.74, 6) is 0.260. The number of sulfone groups is 1. The Morgan fingerprint density at radius 3 is 2.61 bits per heavy atom. The van der Waals surface area contributed by atoms with Crippen LogP contribution < -0.4 is 10.2 Å². The molecular formula is C23H27N3O3S2. The van der Waals surface area contributed by atoms with E-state index in [1.165, 1.54) is 17.3 Å². The number of benzene rings is 2. The zero-order chi connectivity index (χ0) is 22.3. The minimum atomic E-state index is -3.11. The fourth-order valence-electron chi connectivity index (χ4n) is 4.01. The van der Waals surface area contributed by atoms with Crippen molar-refractivity contribution >= 4 is 44.0 Å². The van der Waals surface area contributed by atoms with Crippen LogP contribution in [0.3, 0.4) is 0 Å². The summed E-state index contributed by atoms with van der Waals surface area (Å²) >= 11 is 1.36. The van der Waals surface area contributed by atoms with Gasteiger partial charge in [-0.1, -0.05) is 30.0 Å². The van der Waals surface area contributed by atoms with Gasteiger partial charge in [0.1, 0.15) is 0 Å². The highest BCUT2D eigenvalue weighted by Gasteiger charge is 2.47. The Hall–Kier alpha value is -2.32. The molecule has 4 rings (SSSR count). The Balaban J connectivity index is 1.53. The first-order chi connectivity index (χ1) is 14.6. The number of hydrogen-bond acceptors (Lipinski definition) is 6. The van der Waals surface area contributed by atoms with Crippen molar-refractivity contribution in [3.8, 4) is 0 Å². The van der Waals surface area contributed by atoms with E-state index in [9.17, 15) is 13.2 Å². The number of nitrogens with one attached hydrogen (secondary N) is 1. The van der Waals surface area contributed by atoms with Crippen LogP contribution in [-0.4, -0.2) is 48.8 Å². The largest absolute Gasteiger partial charge is 0.325 e. The highest BCUT2D eigenvalue weighted by atomic mass is 32.2. The number of hydrogen-bond donors (Lipinski definition) is 1. The molecule has 2 aliphatic heterocycles. The second-order valence-electron chi connectivity index (χ2n) is 8.35. The number of fused-ring (bicyclic) bond motifs is 1. The lowest BCUT2D eigenvalue weighted by Gasteiger charge is -2.27. The average molecular weight is 458 g/mol. The number of anilines is 2. The molecule has 8 heteroatoms. The fourth-order valence-corrected chi connectivity index (χ4v) is 6.78. The molecule has 2 aromatic rings. The zero-order valence-corrected chi connectivity index (χ0v) is 19.8. The molecule has 164 valence electrons. The Bertz CT molecular complexity index is 1170. The van der Waals surface area contributed by atoms with Crippen LogP contribution in [0.5, 0.6) is 0 Å².